The topological polar surface area (TPSA) is 46.5 Å². The van der Waals surface area contributed by atoms with Crippen LogP contribution in [0, 0.1) is 0 Å². The smallest absolute Gasteiger partial charge is 0.336 e. The highest BCUT2D eigenvalue weighted by atomic mass is 16.5. The summed E-state index contributed by atoms with van der Waals surface area (Å²) in [6.45, 7) is 3.46. The molecule has 1 atom stereocenters. The molecule has 0 saturated heterocycles. The molecule has 0 aliphatic rings. The van der Waals surface area contributed by atoms with E-state index in [-0.39, 0.29) is 5.57 Å². The van der Waals surface area contributed by atoms with Gasteiger partial charge in [-0.15, -0.1) is 0 Å². The molecule has 1 N–H and O–H groups in total. The van der Waals surface area contributed by atoms with Crippen molar-refractivity contribution >= 4 is 12.0 Å². The summed E-state index contributed by atoms with van der Waals surface area (Å²) in [5.74, 6) is -0.606. The van der Waals surface area contributed by atoms with Gasteiger partial charge in [0.2, 0.25) is 0 Å². The lowest BCUT2D eigenvalue weighted by Gasteiger charge is -2.06. The largest absolute Gasteiger partial charge is 0.466 e. The van der Waals surface area contributed by atoms with Crippen molar-refractivity contribution in [1.82, 2.24) is 0 Å². The van der Waals surface area contributed by atoms with E-state index in [0.29, 0.717) is 0 Å². The number of hydrogen-bond donors (Lipinski definition) is 1. The summed E-state index contributed by atoms with van der Waals surface area (Å²) in [5, 5.41) is 9.59. The molecular formula is C13H14O3. The quantitative estimate of drug-likeness (QED) is 0.619. The highest BCUT2D eigenvalue weighted by molar-refractivity contribution is 5.89. The van der Waals surface area contributed by atoms with Crippen LogP contribution in [-0.4, -0.2) is 24.3 Å². The Balaban J connectivity index is 2.64. The van der Waals surface area contributed by atoms with Crippen molar-refractivity contribution in [3.05, 3.63) is 54.1 Å². The van der Waals surface area contributed by atoms with Gasteiger partial charge in [0.15, 0.2) is 0 Å². The fourth-order valence-corrected chi connectivity index (χ4v) is 1.13. The van der Waals surface area contributed by atoms with Crippen LogP contribution < -0.4 is 0 Å². The third kappa shape index (κ3) is 3.37. The highest BCUT2D eigenvalue weighted by Crippen LogP contribution is 2.07. The summed E-state index contributed by atoms with van der Waals surface area (Å²) >= 11 is 0. The highest BCUT2D eigenvalue weighted by Gasteiger charge is 2.13. The Morgan fingerprint density at radius 1 is 1.44 bits per heavy atom. The molecule has 1 aromatic carbocycles. The van der Waals surface area contributed by atoms with Gasteiger partial charge < -0.3 is 9.84 Å². The zero-order chi connectivity index (χ0) is 12.0. The summed E-state index contributed by atoms with van der Waals surface area (Å²) in [7, 11) is 1.25. The molecule has 1 aromatic rings. The number of ether oxygens (including phenoxy) is 1. The first-order valence-corrected chi connectivity index (χ1v) is 4.83. The van der Waals surface area contributed by atoms with Gasteiger partial charge in [0.05, 0.1) is 12.7 Å². The molecule has 84 valence electrons. The minimum Gasteiger partial charge on any atom is -0.466 e. The van der Waals surface area contributed by atoms with Crippen LogP contribution in [0.15, 0.2) is 48.6 Å². The third-order valence-electron chi connectivity index (χ3n) is 2.08. The number of aliphatic hydroxyl groups is 1. The van der Waals surface area contributed by atoms with Crippen LogP contribution in [0.3, 0.4) is 0 Å². The molecule has 0 radical (unpaired) electrons. The van der Waals surface area contributed by atoms with Gasteiger partial charge in [-0.05, 0) is 5.56 Å². The van der Waals surface area contributed by atoms with Crippen LogP contribution >= 0.6 is 0 Å². The van der Waals surface area contributed by atoms with E-state index < -0.39 is 12.1 Å². The lowest BCUT2D eigenvalue weighted by Crippen LogP contribution is -2.15. The number of methoxy groups -OCH3 is 1. The minimum atomic E-state index is -1.02. The minimum absolute atomic E-state index is 0.0229. The van der Waals surface area contributed by atoms with Gasteiger partial charge in [0.1, 0.15) is 6.10 Å². The van der Waals surface area contributed by atoms with Gasteiger partial charge in [-0.3, -0.25) is 0 Å². The molecule has 0 aliphatic carbocycles. The third-order valence-corrected chi connectivity index (χ3v) is 2.08. The lowest BCUT2D eigenvalue weighted by atomic mass is 10.1. The molecule has 16 heavy (non-hydrogen) atoms. The number of aliphatic hydroxyl groups excluding tert-OH is 1. The maximum atomic E-state index is 11.0. The Bertz CT molecular complexity index is 393. The molecule has 0 fully saturated rings. The average molecular weight is 218 g/mol. The van der Waals surface area contributed by atoms with E-state index in [1.54, 1.807) is 6.08 Å². The summed E-state index contributed by atoms with van der Waals surface area (Å²) in [6, 6.07) is 9.47. The van der Waals surface area contributed by atoms with E-state index in [9.17, 15) is 9.90 Å². The van der Waals surface area contributed by atoms with E-state index in [4.69, 9.17) is 0 Å². The molecule has 0 aromatic heterocycles. The van der Waals surface area contributed by atoms with E-state index >= 15 is 0 Å². The molecule has 0 amide bonds. The predicted molar refractivity (Wildman–Crippen MR) is 62.6 cm³/mol. The zero-order valence-corrected chi connectivity index (χ0v) is 9.09. The fraction of sp³-hybridized carbons (Fsp3) is 0.154. The summed E-state index contributed by atoms with van der Waals surface area (Å²) in [5.41, 5.74) is 0.967. The Labute approximate surface area is 94.7 Å². The van der Waals surface area contributed by atoms with Crippen molar-refractivity contribution in [3.8, 4) is 0 Å². The van der Waals surface area contributed by atoms with Gasteiger partial charge in [-0.1, -0.05) is 49.1 Å². The van der Waals surface area contributed by atoms with Gasteiger partial charge in [-0.25, -0.2) is 4.79 Å². The molecule has 1 rings (SSSR count). The Morgan fingerprint density at radius 3 is 2.62 bits per heavy atom. The number of benzene rings is 1. The molecular weight excluding hydrogens is 204 g/mol. The summed E-state index contributed by atoms with van der Waals surface area (Å²) in [4.78, 5) is 11.0. The first kappa shape index (κ1) is 12.2. The second kappa shape index (κ2) is 5.88. The average Bonchev–Trinajstić information content (AvgIpc) is 2.35. The Kier molecular flexibility index (Phi) is 4.48. The normalized spacial score (nSPS) is 12.4. The second-order valence-corrected chi connectivity index (χ2v) is 3.23. The number of rotatable bonds is 4. The summed E-state index contributed by atoms with van der Waals surface area (Å²) < 4.78 is 4.45. The molecule has 0 spiro atoms. The predicted octanol–water partition coefficient (Wildman–Crippen LogP) is 1.79. The Morgan fingerprint density at radius 2 is 2.06 bits per heavy atom. The van der Waals surface area contributed by atoms with Crippen molar-refractivity contribution in [1.29, 1.82) is 0 Å². The van der Waals surface area contributed by atoms with Crippen LogP contribution in [0.25, 0.3) is 6.08 Å². The molecule has 0 heterocycles. The zero-order valence-electron chi connectivity index (χ0n) is 9.09. The van der Waals surface area contributed by atoms with Gasteiger partial charge in [0, 0.05) is 0 Å². The molecule has 3 nitrogen and oxygen atoms in total. The first-order chi connectivity index (χ1) is 7.65. The second-order valence-electron chi connectivity index (χ2n) is 3.23. The van der Waals surface area contributed by atoms with Crippen molar-refractivity contribution in [2.75, 3.05) is 7.11 Å². The number of carbonyl (C=O) groups excluding carboxylic acids is 1. The van der Waals surface area contributed by atoms with Crippen molar-refractivity contribution in [3.63, 3.8) is 0 Å². The van der Waals surface area contributed by atoms with Crippen LogP contribution in [0.2, 0.25) is 0 Å². The van der Waals surface area contributed by atoms with Crippen LogP contribution in [0.4, 0.5) is 0 Å². The number of esters is 1. The van der Waals surface area contributed by atoms with Crippen molar-refractivity contribution in [2.24, 2.45) is 0 Å². The number of carbonyl (C=O) groups is 1. The standard InChI is InChI=1S/C13H14O3/c1-10(13(15)16-2)12(14)9-8-11-6-4-3-5-7-11/h3-9,12,14H,1H2,2H3/b9-8+/t12-/m1/s1. The maximum absolute atomic E-state index is 11.0. The molecule has 0 aliphatic heterocycles. The van der Waals surface area contributed by atoms with Crippen LogP contribution in [-0.2, 0) is 9.53 Å². The Hall–Kier alpha value is -1.87. The number of hydrogen-bond acceptors (Lipinski definition) is 3. The van der Waals surface area contributed by atoms with Crippen molar-refractivity contribution in [2.45, 2.75) is 6.10 Å². The SMILES string of the molecule is C=C(C(=O)OC)[C@H](O)/C=C/c1ccccc1. The van der Waals surface area contributed by atoms with Crippen LogP contribution in [0.1, 0.15) is 5.56 Å². The van der Waals surface area contributed by atoms with Gasteiger partial charge in [0.25, 0.3) is 0 Å². The molecule has 0 saturated carbocycles. The van der Waals surface area contributed by atoms with E-state index in [2.05, 4.69) is 11.3 Å². The van der Waals surface area contributed by atoms with E-state index in [0.717, 1.165) is 5.56 Å². The van der Waals surface area contributed by atoms with Crippen molar-refractivity contribution < 1.29 is 14.6 Å². The molecule has 3 heteroatoms. The lowest BCUT2D eigenvalue weighted by molar-refractivity contribution is -0.136. The van der Waals surface area contributed by atoms with E-state index in [1.165, 1.54) is 13.2 Å². The monoisotopic (exact) mass is 218 g/mol. The van der Waals surface area contributed by atoms with Gasteiger partial charge >= 0.3 is 5.97 Å². The van der Waals surface area contributed by atoms with Gasteiger partial charge in [-0.2, -0.15) is 0 Å². The molecule has 0 bridgehead atoms. The van der Waals surface area contributed by atoms with Crippen LogP contribution in [0.5, 0.6) is 0 Å². The molecule has 0 unspecified atom stereocenters. The first-order valence-electron chi connectivity index (χ1n) is 4.83. The fourth-order valence-electron chi connectivity index (χ4n) is 1.13. The van der Waals surface area contributed by atoms with E-state index in [1.807, 2.05) is 30.3 Å². The maximum Gasteiger partial charge on any atom is 0.336 e. The summed E-state index contributed by atoms with van der Waals surface area (Å²) in [6.07, 6.45) is 2.19.